The van der Waals surface area contributed by atoms with Crippen LogP contribution in [0.25, 0.3) is 0 Å². The second-order valence-corrected chi connectivity index (χ2v) is 6.61. The molecule has 0 aliphatic carbocycles. The van der Waals surface area contributed by atoms with Crippen molar-refractivity contribution in [2.45, 2.75) is 33.4 Å². The minimum absolute atomic E-state index is 0.0867. The average Bonchev–Trinajstić information content (AvgIpc) is 2.84. The number of anilines is 2. The lowest BCUT2D eigenvalue weighted by Crippen LogP contribution is -2.45. The van der Waals surface area contributed by atoms with E-state index in [2.05, 4.69) is 33.0 Å². The fourth-order valence-corrected chi connectivity index (χ4v) is 2.97. The van der Waals surface area contributed by atoms with E-state index in [1.807, 2.05) is 43.6 Å². The zero-order chi connectivity index (χ0) is 17.3. The molecule has 0 aromatic carbocycles. The summed E-state index contributed by atoms with van der Waals surface area (Å²) in [6, 6.07) is 4.09. The fraction of sp³-hybridized carbons (Fsp3) is 0.588. The van der Waals surface area contributed by atoms with Crippen molar-refractivity contribution in [3.8, 4) is 0 Å². The smallest absolute Gasteiger partial charge is 0.227 e. The Labute approximate surface area is 143 Å². The summed E-state index contributed by atoms with van der Waals surface area (Å²) in [7, 11) is 3.99. The van der Waals surface area contributed by atoms with E-state index < -0.39 is 0 Å². The van der Waals surface area contributed by atoms with E-state index in [-0.39, 0.29) is 6.10 Å². The molecule has 1 aliphatic heterocycles. The minimum Gasteiger partial charge on any atom is -0.373 e. The van der Waals surface area contributed by atoms with Gasteiger partial charge in [0.25, 0.3) is 0 Å². The van der Waals surface area contributed by atoms with Crippen LogP contribution in [0.2, 0.25) is 0 Å². The van der Waals surface area contributed by atoms with Crippen LogP contribution in [0.4, 0.5) is 11.8 Å². The van der Waals surface area contributed by atoms with Crippen LogP contribution < -0.4 is 9.80 Å². The molecule has 24 heavy (non-hydrogen) atoms. The SMILES string of the molecule is Cc1cc(N(C)C)nc(N2CCOC(Cn3nc(C)cc3C)C2)n1. The maximum Gasteiger partial charge on any atom is 0.227 e. The van der Waals surface area contributed by atoms with Crippen LogP contribution >= 0.6 is 0 Å². The van der Waals surface area contributed by atoms with Crippen molar-refractivity contribution in [3.05, 3.63) is 29.2 Å². The van der Waals surface area contributed by atoms with Gasteiger partial charge in [-0.1, -0.05) is 0 Å². The molecule has 0 radical (unpaired) electrons. The van der Waals surface area contributed by atoms with Crippen LogP contribution in [0.3, 0.4) is 0 Å². The van der Waals surface area contributed by atoms with Crippen molar-refractivity contribution >= 4 is 11.8 Å². The maximum absolute atomic E-state index is 5.94. The van der Waals surface area contributed by atoms with Gasteiger partial charge in [0, 0.05) is 44.6 Å². The molecular weight excluding hydrogens is 304 g/mol. The molecule has 3 heterocycles. The number of ether oxygens (including phenoxy) is 1. The van der Waals surface area contributed by atoms with Crippen molar-refractivity contribution in [1.82, 2.24) is 19.7 Å². The molecule has 7 heteroatoms. The summed E-state index contributed by atoms with van der Waals surface area (Å²) in [5.74, 6) is 1.71. The first kappa shape index (κ1) is 16.7. The standard InChI is InChI=1S/C17H26N6O/c1-12-9-16(21(4)5)19-17(18-12)22-6-7-24-15(10-22)11-23-14(3)8-13(2)20-23/h8-9,15H,6-7,10-11H2,1-5H3. The molecule has 1 fully saturated rings. The Kier molecular flexibility index (Phi) is 4.71. The summed E-state index contributed by atoms with van der Waals surface area (Å²) >= 11 is 0. The normalized spacial score (nSPS) is 18.0. The Morgan fingerprint density at radius 1 is 1.17 bits per heavy atom. The number of aryl methyl sites for hydroxylation is 3. The zero-order valence-corrected chi connectivity index (χ0v) is 15.2. The summed E-state index contributed by atoms with van der Waals surface area (Å²) in [6.07, 6.45) is 0.0867. The predicted molar refractivity (Wildman–Crippen MR) is 94.8 cm³/mol. The molecule has 130 valence electrons. The molecule has 2 aromatic heterocycles. The Balaban J connectivity index is 1.75. The van der Waals surface area contributed by atoms with Crippen LogP contribution in [0.5, 0.6) is 0 Å². The van der Waals surface area contributed by atoms with E-state index in [0.29, 0.717) is 6.61 Å². The lowest BCUT2D eigenvalue weighted by molar-refractivity contribution is 0.0265. The van der Waals surface area contributed by atoms with Gasteiger partial charge in [-0.3, -0.25) is 4.68 Å². The van der Waals surface area contributed by atoms with Crippen molar-refractivity contribution in [1.29, 1.82) is 0 Å². The van der Waals surface area contributed by atoms with Crippen LogP contribution in [0.15, 0.2) is 12.1 Å². The summed E-state index contributed by atoms with van der Waals surface area (Å²) in [5, 5.41) is 4.53. The summed E-state index contributed by atoms with van der Waals surface area (Å²) in [5.41, 5.74) is 3.18. The summed E-state index contributed by atoms with van der Waals surface area (Å²) < 4.78 is 7.96. The molecule has 1 saturated heterocycles. The van der Waals surface area contributed by atoms with E-state index in [1.165, 1.54) is 0 Å². The molecule has 0 N–H and O–H groups in total. The van der Waals surface area contributed by atoms with Crippen LogP contribution in [-0.2, 0) is 11.3 Å². The highest BCUT2D eigenvalue weighted by atomic mass is 16.5. The van der Waals surface area contributed by atoms with Crippen LogP contribution in [-0.4, -0.2) is 59.6 Å². The lowest BCUT2D eigenvalue weighted by Gasteiger charge is -2.33. The van der Waals surface area contributed by atoms with Gasteiger partial charge in [0.2, 0.25) is 5.95 Å². The first-order chi connectivity index (χ1) is 11.4. The van der Waals surface area contributed by atoms with E-state index in [0.717, 1.165) is 48.5 Å². The van der Waals surface area contributed by atoms with E-state index >= 15 is 0 Å². The molecule has 2 aromatic rings. The topological polar surface area (TPSA) is 59.3 Å². The highest BCUT2D eigenvalue weighted by Gasteiger charge is 2.24. The molecule has 0 saturated carbocycles. The largest absolute Gasteiger partial charge is 0.373 e. The maximum atomic E-state index is 5.94. The van der Waals surface area contributed by atoms with Gasteiger partial charge in [-0.05, 0) is 26.8 Å². The molecule has 1 atom stereocenters. The molecule has 0 spiro atoms. The molecule has 0 bridgehead atoms. The van der Waals surface area contributed by atoms with Gasteiger partial charge in [-0.15, -0.1) is 0 Å². The zero-order valence-electron chi connectivity index (χ0n) is 15.2. The van der Waals surface area contributed by atoms with Gasteiger partial charge < -0.3 is 14.5 Å². The average molecular weight is 330 g/mol. The number of hydrogen-bond donors (Lipinski definition) is 0. The van der Waals surface area contributed by atoms with Gasteiger partial charge in [0.05, 0.1) is 24.9 Å². The quantitative estimate of drug-likeness (QED) is 0.848. The minimum atomic E-state index is 0.0867. The second-order valence-electron chi connectivity index (χ2n) is 6.61. The molecule has 1 aliphatic rings. The number of morpholine rings is 1. The van der Waals surface area contributed by atoms with E-state index in [4.69, 9.17) is 4.74 Å². The fourth-order valence-electron chi connectivity index (χ4n) is 2.97. The lowest BCUT2D eigenvalue weighted by atomic mass is 10.2. The van der Waals surface area contributed by atoms with Crippen molar-refractivity contribution in [3.63, 3.8) is 0 Å². The van der Waals surface area contributed by atoms with Crippen LogP contribution in [0, 0.1) is 20.8 Å². The highest BCUT2D eigenvalue weighted by Crippen LogP contribution is 2.19. The summed E-state index contributed by atoms with van der Waals surface area (Å²) in [4.78, 5) is 13.5. The van der Waals surface area contributed by atoms with Gasteiger partial charge in [0.1, 0.15) is 5.82 Å². The van der Waals surface area contributed by atoms with E-state index in [9.17, 15) is 0 Å². The number of aromatic nitrogens is 4. The predicted octanol–water partition coefficient (Wildman–Crippen LogP) is 1.57. The van der Waals surface area contributed by atoms with E-state index in [1.54, 1.807) is 0 Å². The molecule has 1 unspecified atom stereocenters. The van der Waals surface area contributed by atoms with Gasteiger partial charge in [0.15, 0.2) is 0 Å². The van der Waals surface area contributed by atoms with Gasteiger partial charge >= 0.3 is 0 Å². The number of hydrogen-bond acceptors (Lipinski definition) is 6. The first-order valence-corrected chi connectivity index (χ1v) is 8.33. The highest BCUT2D eigenvalue weighted by molar-refractivity contribution is 5.45. The van der Waals surface area contributed by atoms with Crippen molar-refractivity contribution in [2.24, 2.45) is 0 Å². The third-order valence-corrected chi connectivity index (χ3v) is 4.19. The number of nitrogens with zero attached hydrogens (tertiary/aromatic N) is 6. The van der Waals surface area contributed by atoms with Crippen molar-refractivity contribution in [2.75, 3.05) is 43.6 Å². The Hall–Kier alpha value is -2.15. The van der Waals surface area contributed by atoms with Gasteiger partial charge in [-0.2, -0.15) is 10.1 Å². The van der Waals surface area contributed by atoms with Crippen molar-refractivity contribution < 1.29 is 4.74 Å². The molecule has 3 rings (SSSR count). The first-order valence-electron chi connectivity index (χ1n) is 8.33. The Bertz CT molecular complexity index is 711. The van der Waals surface area contributed by atoms with Crippen LogP contribution in [0.1, 0.15) is 17.1 Å². The molecule has 0 amide bonds. The Morgan fingerprint density at radius 2 is 1.96 bits per heavy atom. The monoisotopic (exact) mass is 330 g/mol. The molecule has 7 nitrogen and oxygen atoms in total. The molecular formula is C17H26N6O. The second kappa shape index (κ2) is 6.76. The Morgan fingerprint density at radius 3 is 2.62 bits per heavy atom. The summed E-state index contributed by atoms with van der Waals surface area (Å²) in [6.45, 7) is 9.11. The third kappa shape index (κ3) is 3.67. The third-order valence-electron chi connectivity index (χ3n) is 4.19. The van der Waals surface area contributed by atoms with Gasteiger partial charge in [-0.25, -0.2) is 4.98 Å². The number of rotatable bonds is 4.